The largest absolute Gasteiger partial charge is 0.451 e. The third-order valence-electron chi connectivity index (χ3n) is 1.81. The fraction of sp³-hybridized carbons (Fsp3) is 0.625. The molecule has 84 valence electrons. The Balaban J connectivity index is 2.54. The van der Waals surface area contributed by atoms with Crippen molar-refractivity contribution in [2.75, 3.05) is 0 Å². The van der Waals surface area contributed by atoms with Crippen molar-refractivity contribution in [3.05, 3.63) is 12.2 Å². The number of hydrogen-bond donors (Lipinski definition) is 0. The van der Waals surface area contributed by atoms with Gasteiger partial charge in [0.15, 0.2) is 0 Å². The van der Waals surface area contributed by atoms with Gasteiger partial charge < -0.3 is 4.79 Å². The highest BCUT2D eigenvalue weighted by Crippen LogP contribution is 2.26. The first-order chi connectivity index (χ1) is 7.05. The molecule has 0 atom stereocenters. The Labute approximate surface area is 84.1 Å². The Morgan fingerprint density at radius 1 is 1.40 bits per heavy atom. The topological polar surface area (TPSA) is 47.8 Å². The van der Waals surface area contributed by atoms with Gasteiger partial charge in [-0.2, -0.15) is 18.3 Å². The molecule has 0 aliphatic heterocycles. The molecular weight excluding hydrogens is 211 g/mol. The van der Waals surface area contributed by atoms with Crippen LogP contribution in [0.4, 0.5) is 13.2 Å². The second kappa shape index (κ2) is 4.90. The minimum atomic E-state index is -4.47. The molecule has 0 unspecified atom stereocenters. The monoisotopic (exact) mass is 221 g/mol. The van der Waals surface area contributed by atoms with Crippen molar-refractivity contribution in [3.8, 4) is 0 Å². The number of hydrogen-bond acceptors (Lipinski definition) is 3. The van der Waals surface area contributed by atoms with E-state index in [1.54, 1.807) is 0 Å². The molecular formula is C8H10F3N3O. The minimum absolute atomic E-state index is 0.128. The summed E-state index contributed by atoms with van der Waals surface area (Å²) in [7, 11) is 0. The predicted octanol–water partition coefficient (Wildman–Crippen LogP) is 1.67. The molecule has 1 rings (SSSR count). The first-order valence-corrected chi connectivity index (χ1v) is 4.44. The number of aromatic nitrogens is 3. The average molecular weight is 221 g/mol. The zero-order valence-electron chi connectivity index (χ0n) is 7.87. The maximum Gasteiger partial charge on any atom is 0.451 e. The van der Waals surface area contributed by atoms with Crippen LogP contribution in [0.3, 0.4) is 0 Å². The summed E-state index contributed by atoms with van der Waals surface area (Å²) in [4.78, 5) is 13.1. The fourth-order valence-corrected chi connectivity index (χ4v) is 1.14. The van der Waals surface area contributed by atoms with Crippen LogP contribution in [0.25, 0.3) is 0 Å². The van der Waals surface area contributed by atoms with Crippen molar-refractivity contribution in [2.45, 2.75) is 32.0 Å². The predicted molar refractivity (Wildman–Crippen MR) is 44.9 cm³/mol. The van der Waals surface area contributed by atoms with Gasteiger partial charge in [-0.25, -0.2) is 9.67 Å². The first kappa shape index (κ1) is 11.7. The Kier molecular flexibility index (Phi) is 3.81. The number of nitrogens with zero attached hydrogens (tertiary/aromatic N) is 3. The van der Waals surface area contributed by atoms with Crippen LogP contribution in [0.5, 0.6) is 0 Å². The van der Waals surface area contributed by atoms with Gasteiger partial charge in [-0.1, -0.05) is 0 Å². The van der Waals surface area contributed by atoms with E-state index < -0.39 is 12.0 Å². The Morgan fingerprint density at radius 2 is 2.13 bits per heavy atom. The van der Waals surface area contributed by atoms with E-state index in [9.17, 15) is 18.0 Å². The van der Waals surface area contributed by atoms with Crippen molar-refractivity contribution >= 4 is 6.29 Å². The molecule has 1 aromatic rings. The number of unbranched alkanes of at least 4 members (excludes halogenated alkanes) is 2. The third-order valence-corrected chi connectivity index (χ3v) is 1.81. The summed E-state index contributed by atoms with van der Waals surface area (Å²) in [6, 6.07) is 0. The van der Waals surface area contributed by atoms with E-state index in [2.05, 4.69) is 10.1 Å². The second-order valence-electron chi connectivity index (χ2n) is 2.97. The lowest BCUT2D eigenvalue weighted by Gasteiger charge is -2.07. The summed E-state index contributed by atoms with van der Waals surface area (Å²) in [5.41, 5.74) is 0. The van der Waals surface area contributed by atoms with Crippen LogP contribution < -0.4 is 0 Å². The molecule has 0 saturated carbocycles. The smallest absolute Gasteiger partial charge is 0.303 e. The maximum absolute atomic E-state index is 12.3. The standard InChI is InChI=1S/C8H10F3N3O/c9-8(10,11)7-12-6-13-14(7)4-2-1-3-5-15/h5-6H,1-4H2. The van der Waals surface area contributed by atoms with E-state index in [1.807, 2.05) is 0 Å². The van der Waals surface area contributed by atoms with Crippen LogP contribution in [0.1, 0.15) is 25.1 Å². The highest BCUT2D eigenvalue weighted by Gasteiger charge is 2.36. The van der Waals surface area contributed by atoms with Crippen molar-refractivity contribution in [1.29, 1.82) is 0 Å². The number of aldehydes is 1. The van der Waals surface area contributed by atoms with Crippen LogP contribution in [-0.4, -0.2) is 21.1 Å². The number of rotatable bonds is 5. The van der Waals surface area contributed by atoms with Crippen LogP contribution in [0.2, 0.25) is 0 Å². The molecule has 0 amide bonds. The molecule has 15 heavy (non-hydrogen) atoms. The zero-order chi connectivity index (χ0) is 11.3. The Bertz CT molecular complexity index is 321. The zero-order valence-corrected chi connectivity index (χ0v) is 7.87. The maximum atomic E-state index is 12.3. The summed E-state index contributed by atoms with van der Waals surface area (Å²) >= 11 is 0. The van der Waals surface area contributed by atoms with Gasteiger partial charge in [-0.05, 0) is 12.8 Å². The van der Waals surface area contributed by atoms with E-state index in [0.29, 0.717) is 19.3 Å². The van der Waals surface area contributed by atoms with Gasteiger partial charge in [0.2, 0.25) is 5.82 Å². The number of aryl methyl sites for hydroxylation is 1. The van der Waals surface area contributed by atoms with Crippen LogP contribution in [0, 0.1) is 0 Å². The lowest BCUT2D eigenvalue weighted by molar-refractivity contribution is -0.147. The quantitative estimate of drug-likeness (QED) is 0.561. The average Bonchev–Trinajstić information content (AvgIpc) is 2.59. The minimum Gasteiger partial charge on any atom is -0.303 e. The fourth-order valence-electron chi connectivity index (χ4n) is 1.14. The number of alkyl halides is 3. The normalized spacial score (nSPS) is 11.7. The Hall–Kier alpha value is -1.40. The van der Waals surface area contributed by atoms with Gasteiger partial charge in [0.25, 0.3) is 0 Å². The second-order valence-corrected chi connectivity index (χ2v) is 2.97. The van der Waals surface area contributed by atoms with Gasteiger partial charge in [-0.3, -0.25) is 0 Å². The van der Waals surface area contributed by atoms with Crippen LogP contribution in [0.15, 0.2) is 6.33 Å². The SMILES string of the molecule is O=CCCCCn1ncnc1C(F)(F)F. The lowest BCUT2D eigenvalue weighted by Crippen LogP contribution is -2.16. The van der Waals surface area contributed by atoms with E-state index in [-0.39, 0.29) is 6.54 Å². The highest BCUT2D eigenvalue weighted by molar-refractivity contribution is 5.48. The van der Waals surface area contributed by atoms with Crippen molar-refractivity contribution in [3.63, 3.8) is 0 Å². The molecule has 0 saturated heterocycles. The van der Waals surface area contributed by atoms with Gasteiger partial charge in [0.05, 0.1) is 0 Å². The van der Waals surface area contributed by atoms with Crippen LogP contribution >= 0.6 is 0 Å². The van der Waals surface area contributed by atoms with Gasteiger partial charge >= 0.3 is 6.18 Å². The molecule has 0 fully saturated rings. The van der Waals surface area contributed by atoms with Crippen LogP contribution in [-0.2, 0) is 17.5 Å². The summed E-state index contributed by atoms with van der Waals surface area (Å²) in [5.74, 6) is -0.992. The third kappa shape index (κ3) is 3.34. The van der Waals surface area contributed by atoms with E-state index in [0.717, 1.165) is 17.3 Å². The lowest BCUT2D eigenvalue weighted by atomic mass is 10.2. The molecule has 1 aromatic heterocycles. The van der Waals surface area contributed by atoms with Crippen molar-refractivity contribution in [2.24, 2.45) is 0 Å². The van der Waals surface area contributed by atoms with Crippen molar-refractivity contribution in [1.82, 2.24) is 14.8 Å². The number of halogens is 3. The van der Waals surface area contributed by atoms with E-state index in [1.165, 1.54) is 0 Å². The highest BCUT2D eigenvalue weighted by atomic mass is 19.4. The molecule has 0 radical (unpaired) electrons. The summed E-state index contributed by atoms with van der Waals surface area (Å²) in [6.45, 7) is 0.128. The molecule has 0 aliphatic carbocycles. The Morgan fingerprint density at radius 3 is 2.73 bits per heavy atom. The van der Waals surface area contributed by atoms with Crippen molar-refractivity contribution < 1.29 is 18.0 Å². The molecule has 0 aliphatic rings. The first-order valence-electron chi connectivity index (χ1n) is 4.44. The molecule has 0 spiro atoms. The number of carbonyl (C=O) groups excluding carboxylic acids is 1. The summed E-state index contributed by atoms with van der Waals surface area (Å²) < 4.78 is 37.6. The summed E-state index contributed by atoms with van der Waals surface area (Å²) in [6.07, 6.45) is -1.46. The molecule has 0 bridgehead atoms. The molecule has 4 nitrogen and oxygen atoms in total. The van der Waals surface area contributed by atoms with E-state index in [4.69, 9.17) is 0 Å². The van der Waals surface area contributed by atoms with Gasteiger partial charge in [0, 0.05) is 13.0 Å². The molecule has 1 heterocycles. The van der Waals surface area contributed by atoms with Gasteiger partial charge in [-0.15, -0.1) is 0 Å². The van der Waals surface area contributed by atoms with E-state index >= 15 is 0 Å². The summed E-state index contributed by atoms with van der Waals surface area (Å²) in [5, 5.41) is 3.48. The molecule has 7 heteroatoms. The number of carbonyl (C=O) groups is 1. The molecule has 0 N–H and O–H groups in total. The molecule has 0 aromatic carbocycles. The van der Waals surface area contributed by atoms with Gasteiger partial charge in [0.1, 0.15) is 12.6 Å².